The number of esters is 1. The van der Waals surface area contributed by atoms with E-state index in [9.17, 15) is 9.18 Å². The Morgan fingerprint density at radius 2 is 1.69 bits per heavy atom. The highest BCUT2D eigenvalue weighted by Gasteiger charge is 2.11. The molecule has 7 nitrogen and oxygen atoms in total. The molecule has 0 atom stereocenters. The van der Waals surface area contributed by atoms with Crippen molar-refractivity contribution in [2.24, 2.45) is 0 Å². The molecule has 9 heteroatoms. The molecule has 0 aliphatic heterocycles. The molecule has 0 amide bonds. The molecule has 3 aromatic rings. The Morgan fingerprint density at radius 1 is 1.00 bits per heavy atom. The Labute approximate surface area is 189 Å². The molecule has 0 spiro atoms. The van der Waals surface area contributed by atoms with Crippen LogP contribution in [0, 0.1) is 5.82 Å². The number of thiazole rings is 1. The molecule has 32 heavy (non-hydrogen) atoms. The lowest BCUT2D eigenvalue weighted by molar-refractivity contribution is -0.139. The predicted octanol–water partition coefficient (Wildman–Crippen LogP) is 4.64. The van der Waals surface area contributed by atoms with Crippen LogP contribution in [0.1, 0.15) is 16.3 Å². The van der Waals surface area contributed by atoms with E-state index in [2.05, 4.69) is 4.98 Å². The van der Waals surface area contributed by atoms with Crippen LogP contribution in [0.25, 0.3) is 6.08 Å². The van der Waals surface area contributed by atoms with Crippen molar-refractivity contribution in [2.45, 2.75) is 13.2 Å². The zero-order chi connectivity index (χ0) is 22.9. The minimum Gasteiger partial charge on any atom is -0.496 e. The van der Waals surface area contributed by atoms with Gasteiger partial charge in [0, 0.05) is 23.1 Å². The molecule has 0 aliphatic rings. The first-order valence-electron chi connectivity index (χ1n) is 9.49. The largest absolute Gasteiger partial charge is 0.496 e. The molecule has 0 saturated carbocycles. The number of hydrogen-bond donors (Lipinski definition) is 0. The zero-order valence-corrected chi connectivity index (χ0v) is 18.6. The number of ether oxygens (including phenoxy) is 5. The van der Waals surface area contributed by atoms with E-state index in [1.807, 2.05) is 0 Å². The quantitative estimate of drug-likeness (QED) is 0.323. The summed E-state index contributed by atoms with van der Waals surface area (Å²) in [6.07, 6.45) is 2.88. The van der Waals surface area contributed by atoms with Crippen LogP contribution in [-0.2, 0) is 22.7 Å². The second-order valence-corrected chi connectivity index (χ2v) is 7.31. The van der Waals surface area contributed by atoms with E-state index in [0.717, 1.165) is 0 Å². The molecule has 0 saturated heterocycles. The van der Waals surface area contributed by atoms with Gasteiger partial charge in [0.05, 0.1) is 27.0 Å². The Morgan fingerprint density at radius 3 is 2.38 bits per heavy atom. The van der Waals surface area contributed by atoms with Crippen molar-refractivity contribution >= 4 is 23.4 Å². The summed E-state index contributed by atoms with van der Waals surface area (Å²) in [4.78, 5) is 16.5. The fourth-order valence-electron chi connectivity index (χ4n) is 2.69. The SMILES string of the molecule is COc1cc(OC)c(OC)cc1/C=C/C(=O)OCc1csc(COc2ccc(F)cc2)n1. The standard InChI is InChI=1S/C23H22FNO6S/c1-27-19-11-21(29-3)20(28-2)10-15(19)4-9-23(26)31-12-17-14-32-22(25-17)13-30-18-7-5-16(24)6-8-18/h4-11,14H,12-13H2,1-3H3/b9-4+. The number of hydrogen-bond acceptors (Lipinski definition) is 8. The molecule has 0 fully saturated rings. The molecule has 0 unspecified atom stereocenters. The van der Waals surface area contributed by atoms with Crippen LogP contribution >= 0.6 is 11.3 Å². The molecule has 0 radical (unpaired) electrons. The van der Waals surface area contributed by atoms with Gasteiger partial charge in [-0.25, -0.2) is 14.2 Å². The molecule has 3 rings (SSSR count). The average Bonchev–Trinajstić information content (AvgIpc) is 3.28. The van der Waals surface area contributed by atoms with Gasteiger partial charge in [-0.15, -0.1) is 11.3 Å². The number of methoxy groups -OCH3 is 3. The molecule has 0 N–H and O–H groups in total. The van der Waals surface area contributed by atoms with Gasteiger partial charge >= 0.3 is 5.97 Å². The zero-order valence-electron chi connectivity index (χ0n) is 17.8. The Hall–Kier alpha value is -3.59. The smallest absolute Gasteiger partial charge is 0.331 e. The van der Waals surface area contributed by atoms with Crippen LogP contribution < -0.4 is 18.9 Å². The Kier molecular flexibility index (Phi) is 8.04. The monoisotopic (exact) mass is 459 g/mol. The summed E-state index contributed by atoms with van der Waals surface area (Å²) in [7, 11) is 4.58. The summed E-state index contributed by atoms with van der Waals surface area (Å²) in [5.74, 6) is 1.25. The number of nitrogens with zero attached hydrogens (tertiary/aromatic N) is 1. The third-order valence-electron chi connectivity index (χ3n) is 4.27. The third-order valence-corrected chi connectivity index (χ3v) is 5.14. The molecular weight excluding hydrogens is 437 g/mol. The van der Waals surface area contributed by atoms with E-state index in [-0.39, 0.29) is 19.0 Å². The van der Waals surface area contributed by atoms with Gasteiger partial charge in [0.1, 0.15) is 35.5 Å². The highest BCUT2D eigenvalue weighted by atomic mass is 32.1. The minimum absolute atomic E-state index is 0.0271. The van der Waals surface area contributed by atoms with Crippen molar-refractivity contribution in [1.82, 2.24) is 4.98 Å². The predicted molar refractivity (Wildman–Crippen MR) is 118 cm³/mol. The first kappa shape index (κ1) is 23.1. The van der Waals surface area contributed by atoms with Crippen LogP contribution in [-0.4, -0.2) is 32.3 Å². The van der Waals surface area contributed by atoms with Crippen molar-refractivity contribution in [3.63, 3.8) is 0 Å². The lowest BCUT2D eigenvalue weighted by Crippen LogP contribution is -2.02. The normalized spacial score (nSPS) is 10.8. The summed E-state index contributed by atoms with van der Waals surface area (Å²) >= 11 is 1.38. The fraction of sp³-hybridized carbons (Fsp3) is 0.217. The molecule has 168 valence electrons. The number of aromatic nitrogens is 1. The van der Waals surface area contributed by atoms with Crippen molar-refractivity contribution in [2.75, 3.05) is 21.3 Å². The molecule has 2 aromatic carbocycles. The van der Waals surface area contributed by atoms with Crippen molar-refractivity contribution in [1.29, 1.82) is 0 Å². The first-order valence-corrected chi connectivity index (χ1v) is 10.4. The Balaban J connectivity index is 1.54. The number of carbonyl (C=O) groups is 1. The summed E-state index contributed by atoms with van der Waals surface area (Å²) in [5, 5.41) is 2.50. The van der Waals surface area contributed by atoms with Gasteiger partial charge in [-0.05, 0) is 36.4 Å². The van der Waals surface area contributed by atoms with Gasteiger partial charge in [0.2, 0.25) is 0 Å². The van der Waals surface area contributed by atoms with Crippen LogP contribution in [0.2, 0.25) is 0 Å². The molecular formula is C23H22FNO6S. The van der Waals surface area contributed by atoms with Crippen LogP contribution in [0.5, 0.6) is 23.0 Å². The van der Waals surface area contributed by atoms with E-state index < -0.39 is 5.97 Å². The van der Waals surface area contributed by atoms with E-state index >= 15 is 0 Å². The van der Waals surface area contributed by atoms with E-state index in [0.29, 0.717) is 39.3 Å². The summed E-state index contributed by atoms with van der Waals surface area (Å²) in [6, 6.07) is 9.13. The number of benzene rings is 2. The van der Waals surface area contributed by atoms with E-state index in [4.69, 9.17) is 23.7 Å². The van der Waals surface area contributed by atoms with Gasteiger partial charge in [0.15, 0.2) is 11.5 Å². The fourth-order valence-corrected chi connectivity index (χ4v) is 3.38. The topological polar surface area (TPSA) is 76.1 Å². The summed E-state index contributed by atoms with van der Waals surface area (Å²) < 4.78 is 39.6. The Bertz CT molecular complexity index is 1080. The molecule has 0 aliphatic carbocycles. The van der Waals surface area contributed by atoms with Gasteiger partial charge in [-0.3, -0.25) is 0 Å². The summed E-state index contributed by atoms with van der Waals surface area (Å²) in [6.45, 7) is 0.266. The maximum Gasteiger partial charge on any atom is 0.331 e. The highest BCUT2D eigenvalue weighted by Crippen LogP contribution is 2.35. The van der Waals surface area contributed by atoms with Gasteiger partial charge in [-0.2, -0.15) is 0 Å². The molecule has 1 aromatic heterocycles. The van der Waals surface area contributed by atoms with Gasteiger partial charge < -0.3 is 23.7 Å². The van der Waals surface area contributed by atoms with Crippen LogP contribution in [0.4, 0.5) is 4.39 Å². The van der Waals surface area contributed by atoms with Crippen molar-refractivity contribution in [3.05, 3.63) is 69.9 Å². The first-order chi connectivity index (χ1) is 15.5. The maximum atomic E-state index is 12.9. The number of halogens is 1. The van der Waals surface area contributed by atoms with E-state index in [1.54, 1.807) is 35.7 Å². The molecule has 1 heterocycles. The van der Waals surface area contributed by atoms with Crippen molar-refractivity contribution < 1.29 is 32.9 Å². The highest BCUT2D eigenvalue weighted by molar-refractivity contribution is 7.09. The number of rotatable bonds is 10. The minimum atomic E-state index is -0.529. The second-order valence-electron chi connectivity index (χ2n) is 6.37. The average molecular weight is 459 g/mol. The van der Waals surface area contributed by atoms with Gasteiger partial charge in [0.25, 0.3) is 0 Å². The lowest BCUT2D eigenvalue weighted by atomic mass is 10.1. The third kappa shape index (κ3) is 6.21. The number of carbonyl (C=O) groups excluding carboxylic acids is 1. The molecule has 0 bridgehead atoms. The van der Waals surface area contributed by atoms with Crippen LogP contribution in [0.3, 0.4) is 0 Å². The van der Waals surface area contributed by atoms with Gasteiger partial charge in [-0.1, -0.05) is 0 Å². The van der Waals surface area contributed by atoms with E-state index in [1.165, 1.54) is 50.9 Å². The second kappa shape index (κ2) is 11.1. The lowest BCUT2D eigenvalue weighted by Gasteiger charge is -2.12. The van der Waals surface area contributed by atoms with Crippen molar-refractivity contribution in [3.8, 4) is 23.0 Å². The van der Waals surface area contributed by atoms with Crippen LogP contribution in [0.15, 0.2) is 47.9 Å². The maximum absolute atomic E-state index is 12.9. The summed E-state index contributed by atoms with van der Waals surface area (Å²) in [5.41, 5.74) is 1.24.